The van der Waals surface area contributed by atoms with E-state index in [1.807, 2.05) is 25.1 Å². The second-order valence-corrected chi connectivity index (χ2v) is 6.68. The number of benzene rings is 2. The number of aromatic nitrogens is 3. The summed E-state index contributed by atoms with van der Waals surface area (Å²) in [5.41, 5.74) is 2.74. The number of aryl methyl sites for hydroxylation is 1. The number of fused-ring (bicyclic) bond motifs is 1. The Labute approximate surface area is 166 Å². The highest BCUT2D eigenvalue weighted by molar-refractivity contribution is 6.06. The molecule has 0 aliphatic carbocycles. The van der Waals surface area contributed by atoms with Gasteiger partial charge in [0.15, 0.2) is 0 Å². The molecule has 4 rings (SSSR count). The molecule has 3 aromatic rings. The molecule has 1 amide bonds. The first-order valence-corrected chi connectivity index (χ1v) is 8.95. The molecule has 1 atom stereocenters. The summed E-state index contributed by atoms with van der Waals surface area (Å²) in [5, 5.41) is 21.8. The number of amides is 1. The van der Waals surface area contributed by atoms with Crippen molar-refractivity contribution in [1.82, 2.24) is 14.8 Å². The maximum Gasteiger partial charge on any atom is 0.275 e. The summed E-state index contributed by atoms with van der Waals surface area (Å²) in [4.78, 5) is 28.6. The van der Waals surface area contributed by atoms with Crippen LogP contribution in [-0.4, -0.2) is 25.6 Å². The van der Waals surface area contributed by atoms with Gasteiger partial charge < -0.3 is 10.6 Å². The number of para-hydroxylation sites is 2. The molecule has 2 aromatic carbocycles. The molecule has 0 saturated carbocycles. The number of rotatable bonds is 4. The van der Waals surface area contributed by atoms with E-state index in [1.165, 1.54) is 17.1 Å². The lowest BCUT2D eigenvalue weighted by atomic mass is 9.93. The molecule has 0 unspecified atom stereocenters. The van der Waals surface area contributed by atoms with E-state index in [2.05, 4.69) is 20.7 Å². The van der Waals surface area contributed by atoms with Crippen LogP contribution in [0.4, 0.5) is 17.3 Å². The molecule has 2 heterocycles. The van der Waals surface area contributed by atoms with Crippen molar-refractivity contribution in [2.24, 2.45) is 0 Å². The molecule has 0 fully saturated rings. The van der Waals surface area contributed by atoms with Gasteiger partial charge in [-0.3, -0.25) is 14.9 Å². The van der Waals surface area contributed by atoms with Crippen molar-refractivity contribution in [3.8, 4) is 0 Å². The van der Waals surface area contributed by atoms with Gasteiger partial charge in [0.2, 0.25) is 5.95 Å². The molecule has 29 heavy (non-hydrogen) atoms. The lowest BCUT2D eigenvalue weighted by Crippen LogP contribution is -2.32. The Morgan fingerprint density at radius 1 is 1.17 bits per heavy atom. The smallest absolute Gasteiger partial charge is 0.275 e. The first kappa shape index (κ1) is 18.4. The fourth-order valence-electron chi connectivity index (χ4n) is 3.46. The van der Waals surface area contributed by atoms with Crippen LogP contribution in [0, 0.1) is 17.0 Å². The molecule has 1 aromatic heterocycles. The maximum absolute atomic E-state index is 13.3. The quantitative estimate of drug-likeness (QED) is 0.521. The highest BCUT2D eigenvalue weighted by Crippen LogP contribution is 2.38. The van der Waals surface area contributed by atoms with E-state index < -0.39 is 11.0 Å². The summed E-state index contributed by atoms with van der Waals surface area (Å²) in [5.74, 6) is 0.0479. The van der Waals surface area contributed by atoms with Gasteiger partial charge in [0.25, 0.3) is 11.6 Å². The molecule has 9 heteroatoms. The van der Waals surface area contributed by atoms with Crippen LogP contribution in [0.2, 0.25) is 0 Å². The maximum atomic E-state index is 13.3. The molecule has 1 aliphatic rings. The zero-order chi connectivity index (χ0) is 20.5. The number of nitro groups is 1. The molecule has 0 spiro atoms. The van der Waals surface area contributed by atoms with Crippen LogP contribution in [0.15, 0.2) is 66.1 Å². The fraction of sp³-hybridized carbons (Fsp3) is 0.150. The number of anilines is 2. The van der Waals surface area contributed by atoms with Crippen molar-refractivity contribution < 1.29 is 9.72 Å². The van der Waals surface area contributed by atoms with Crippen molar-refractivity contribution in [2.75, 3.05) is 10.6 Å². The highest BCUT2D eigenvalue weighted by atomic mass is 16.6. The lowest BCUT2D eigenvalue weighted by Gasteiger charge is -2.28. The van der Waals surface area contributed by atoms with E-state index in [0.29, 0.717) is 28.5 Å². The second-order valence-electron chi connectivity index (χ2n) is 6.68. The summed E-state index contributed by atoms with van der Waals surface area (Å²) in [6.45, 7) is 3.64. The highest BCUT2D eigenvalue weighted by Gasteiger charge is 2.37. The zero-order valence-electron chi connectivity index (χ0n) is 15.8. The summed E-state index contributed by atoms with van der Waals surface area (Å²) in [7, 11) is 0. The first-order chi connectivity index (χ1) is 14.0. The van der Waals surface area contributed by atoms with Crippen LogP contribution in [0.25, 0.3) is 0 Å². The van der Waals surface area contributed by atoms with E-state index in [0.717, 1.165) is 5.56 Å². The van der Waals surface area contributed by atoms with Gasteiger partial charge in [0.05, 0.1) is 16.1 Å². The summed E-state index contributed by atoms with van der Waals surface area (Å²) >= 11 is 0. The average molecular weight is 390 g/mol. The summed E-state index contributed by atoms with van der Waals surface area (Å²) in [6.07, 6.45) is 1.35. The molecule has 0 bridgehead atoms. The third-order valence-electron chi connectivity index (χ3n) is 4.86. The Bertz CT molecular complexity index is 1150. The van der Waals surface area contributed by atoms with Gasteiger partial charge in [0.1, 0.15) is 12.4 Å². The molecule has 146 valence electrons. The standard InChI is InChI=1S/C20H18N6O3/c1-12-7-3-5-9-15(12)24-19(27)17-13(2)23-20-21-11-22-25(20)18(17)14-8-4-6-10-16(14)26(28)29/h3-11,18H,1-2H3,(H,24,27)(H,21,22,23)/t18-/m1/s1. The third kappa shape index (κ3) is 3.22. The summed E-state index contributed by atoms with van der Waals surface area (Å²) < 4.78 is 1.49. The zero-order valence-corrected chi connectivity index (χ0v) is 15.8. The van der Waals surface area contributed by atoms with Gasteiger partial charge >= 0.3 is 0 Å². The minimum Gasteiger partial charge on any atom is -0.328 e. The number of nitrogens with one attached hydrogen (secondary N) is 2. The largest absolute Gasteiger partial charge is 0.328 e. The SMILES string of the molecule is CC1=C(C(=O)Nc2ccccc2C)[C@@H](c2ccccc2[N+](=O)[O-])n2ncnc2N1. The number of hydrogen-bond acceptors (Lipinski definition) is 6. The third-order valence-corrected chi connectivity index (χ3v) is 4.86. The molecule has 1 aliphatic heterocycles. The van der Waals surface area contributed by atoms with Crippen molar-refractivity contribution in [3.05, 3.63) is 87.4 Å². The molecule has 9 nitrogen and oxygen atoms in total. The van der Waals surface area contributed by atoms with Gasteiger partial charge in [-0.2, -0.15) is 10.1 Å². The van der Waals surface area contributed by atoms with Crippen LogP contribution < -0.4 is 10.6 Å². The fourth-order valence-corrected chi connectivity index (χ4v) is 3.46. The second kappa shape index (κ2) is 7.19. The van der Waals surface area contributed by atoms with Crippen molar-refractivity contribution in [3.63, 3.8) is 0 Å². The number of carbonyl (C=O) groups excluding carboxylic acids is 1. The number of nitrogens with zero attached hydrogens (tertiary/aromatic N) is 4. The predicted molar refractivity (Wildman–Crippen MR) is 107 cm³/mol. The van der Waals surface area contributed by atoms with Crippen LogP contribution in [0.3, 0.4) is 0 Å². The minimum atomic E-state index is -0.792. The predicted octanol–water partition coefficient (Wildman–Crippen LogP) is 3.42. The van der Waals surface area contributed by atoms with E-state index in [9.17, 15) is 14.9 Å². The molecular formula is C20H18N6O3. The van der Waals surface area contributed by atoms with Crippen molar-refractivity contribution in [1.29, 1.82) is 0 Å². The molecule has 0 saturated heterocycles. The Morgan fingerprint density at radius 3 is 2.66 bits per heavy atom. The van der Waals surface area contributed by atoms with E-state index in [1.54, 1.807) is 31.2 Å². The van der Waals surface area contributed by atoms with Gasteiger partial charge in [-0.1, -0.05) is 30.3 Å². The van der Waals surface area contributed by atoms with Crippen LogP contribution in [0.5, 0.6) is 0 Å². The Morgan fingerprint density at radius 2 is 1.90 bits per heavy atom. The number of carbonyl (C=O) groups is 1. The van der Waals surface area contributed by atoms with Crippen LogP contribution in [-0.2, 0) is 4.79 Å². The number of nitro benzene ring substituents is 1. The molecule has 2 N–H and O–H groups in total. The molecule has 0 radical (unpaired) electrons. The van der Waals surface area contributed by atoms with Gasteiger partial charge in [-0.25, -0.2) is 4.68 Å². The van der Waals surface area contributed by atoms with E-state index in [-0.39, 0.29) is 11.6 Å². The Hall–Kier alpha value is -4.01. The minimum absolute atomic E-state index is 0.0881. The van der Waals surface area contributed by atoms with Gasteiger partial charge in [-0.05, 0) is 31.5 Å². The van der Waals surface area contributed by atoms with Crippen molar-refractivity contribution in [2.45, 2.75) is 19.9 Å². The normalized spacial score (nSPS) is 15.4. The number of allylic oxidation sites excluding steroid dienone is 1. The number of hydrogen-bond donors (Lipinski definition) is 2. The molecular weight excluding hydrogens is 372 g/mol. The Balaban J connectivity index is 1.84. The monoisotopic (exact) mass is 390 g/mol. The van der Waals surface area contributed by atoms with E-state index in [4.69, 9.17) is 0 Å². The van der Waals surface area contributed by atoms with E-state index >= 15 is 0 Å². The van der Waals surface area contributed by atoms with Gasteiger partial charge in [-0.15, -0.1) is 0 Å². The van der Waals surface area contributed by atoms with Gasteiger partial charge in [0, 0.05) is 17.5 Å². The Kier molecular flexibility index (Phi) is 4.55. The average Bonchev–Trinajstić information content (AvgIpc) is 3.16. The topological polar surface area (TPSA) is 115 Å². The first-order valence-electron chi connectivity index (χ1n) is 8.95. The lowest BCUT2D eigenvalue weighted by molar-refractivity contribution is -0.385. The van der Waals surface area contributed by atoms with Crippen molar-refractivity contribution >= 4 is 23.2 Å². The van der Waals surface area contributed by atoms with Crippen LogP contribution in [0.1, 0.15) is 24.1 Å². The summed E-state index contributed by atoms with van der Waals surface area (Å²) in [6, 6.07) is 13.0. The van der Waals surface area contributed by atoms with Crippen LogP contribution >= 0.6 is 0 Å².